The van der Waals surface area contributed by atoms with Gasteiger partial charge in [0.2, 0.25) is 11.3 Å². The van der Waals surface area contributed by atoms with E-state index in [0.717, 1.165) is 31.6 Å². The highest BCUT2D eigenvalue weighted by molar-refractivity contribution is 5.92. The van der Waals surface area contributed by atoms with Gasteiger partial charge in [-0.15, -0.1) is 0 Å². The lowest BCUT2D eigenvalue weighted by molar-refractivity contribution is -0.116. The van der Waals surface area contributed by atoms with E-state index in [1.54, 1.807) is 49.2 Å². The molecule has 0 unspecified atom stereocenters. The number of piperidine rings is 1. The van der Waals surface area contributed by atoms with Crippen LogP contribution in [0.4, 0.5) is 5.69 Å². The minimum Gasteiger partial charge on any atom is -0.497 e. The Labute approximate surface area is 176 Å². The molecular weight excluding hydrogens is 386 g/mol. The quantitative estimate of drug-likeness (QED) is 0.713. The van der Waals surface area contributed by atoms with Crippen molar-refractivity contribution in [2.24, 2.45) is 0 Å². The van der Waals surface area contributed by atoms with Crippen LogP contribution < -0.4 is 25.0 Å². The topological polar surface area (TPSA) is 82.0 Å². The third kappa shape index (κ3) is 5.33. The van der Waals surface area contributed by atoms with Crippen LogP contribution in [0.25, 0.3) is 0 Å². The van der Waals surface area contributed by atoms with Gasteiger partial charge in [0.1, 0.15) is 18.0 Å². The molecule has 30 heavy (non-hydrogen) atoms. The van der Waals surface area contributed by atoms with E-state index in [0.29, 0.717) is 23.7 Å². The van der Waals surface area contributed by atoms with Gasteiger partial charge in [-0.3, -0.25) is 14.5 Å². The zero-order valence-corrected chi connectivity index (χ0v) is 17.8. The second kappa shape index (κ2) is 10.2. The van der Waals surface area contributed by atoms with Crippen LogP contribution in [0, 0.1) is 0 Å². The van der Waals surface area contributed by atoms with Gasteiger partial charge in [0.15, 0.2) is 5.75 Å². The first-order chi connectivity index (χ1) is 14.5. The fourth-order valence-corrected chi connectivity index (χ4v) is 3.63. The summed E-state index contributed by atoms with van der Waals surface area (Å²) in [5, 5.41) is 2.87. The Morgan fingerprint density at radius 1 is 1.00 bits per heavy atom. The predicted molar refractivity (Wildman–Crippen MR) is 115 cm³/mol. The number of nitrogens with one attached hydrogen (secondary N) is 1. The number of likely N-dealkylation sites (tertiary alicyclic amines) is 1. The number of nitrogens with zero attached hydrogens (tertiary/aromatic N) is 2. The Bertz CT molecular complexity index is 935. The standard InChI is InChI=1S/C22H29N3O5/c1-28-17-7-8-20(29-2)18(12-17)23-22(27)15-25-14-21(30-3)19(26)11-16(25)13-24-9-5-4-6-10-24/h7-8,11-12,14H,4-6,9-10,13,15H2,1-3H3,(H,23,27). The van der Waals surface area contributed by atoms with Crippen LogP contribution >= 0.6 is 0 Å². The summed E-state index contributed by atoms with van der Waals surface area (Å²) in [6.45, 7) is 2.65. The second-order valence-electron chi connectivity index (χ2n) is 7.28. The molecule has 3 rings (SSSR count). The van der Waals surface area contributed by atoms with E-state index in [-0.39, 0.29) is 23.6 Å². The number of aromatic nitrogens is 1. The number of methoxy groups -OCH3 is 3. The van der Waals surface area contributed by atoms with E-state index in [4.69, 9.17) is 14.2 Å². The van der Waals surface area contributed by atoms with Crippen LogP contribution in [0.1, 0.15) is 25.0 Å². The molecule has 8 nitrogen and oxygen atoms in total. The highest BCUT2D eigenvalue weighted by atomic mass is 16.5. The van der Waals surface area contributed by atoms with Gasteiger partial charge in [0.25, 0.3) is 0 Å². The predicted octanol–water partition coefficient (Wildman–Crippen LogP) is 2.50. The third-order valence-electron chi connectivity index (χ3n) is 5.23. The van der Waals surface area contributed by atoms with Gasteiger partial charge in [-0.05, 0) is 38.1 Å². The van der Waals surface area contributed by atoms with Crippen LogP contribution in [0.15, 0.2) is 35.3 Å². The summed E-state index contributed by atoms with van der Waals surface area (Å²) in [6, 6.07) is 6.76. The molecule has 0 saturated carbocycles. The van der Waals surface area contributed by atoms with E-state index in [9.17, 15) is 9.59 Å². The molecule has 2 heterocycles. The summed E-state index contributed by atoms with van der Waals surface area (Å²) in [4.78, 5) is 27.4. The number of hydrogen-bond acceptors (Lipinski definition) is 6. The smallest absolute Gasteiger partial charge is 0.244 e. The van der Waals surface area contributed by atoms with Gasteiger partial charge in [0, 0.05) is 24.4 Å². The van der Waals surface area contributed by atoms with Gasteiger partial charge in [-0.1, -0.05) is 6.42 Å². The first-order valence-corrected chi connectivity index (χ1v) is 10.1. The van der Waals surface area contributed by atoms with Crippen molar-refractivity contribution in [3.05, 3.63) is 46.4 Å². The molecule has 2 aromatic rings. The normalized spacial score (nSPS) is 14.2. The molecular formula is C22H29N3O5. The van der Waals surface area contributed by atoms with Gasteiger partial charge < -0.3 is 24.1 Å². The number of anilines is 1. The summed E-state index contributed by atoms with van der Waals surface area (Å²) in [5.74, 6) is 1.12. The van der Waals surface area contributed by atoms with E-state index >= 15 is 0 Å². The molecule has 8 heteroatoms. The molecule has 0 atom stereocenters. The maximum atomic E-state index is 12.8. The van der Waals surface area contributed by atoms with Gasteiger partial charge in [-0.25, -0.2) is 0 Å². The van der Waals surface area contributed by atoms with Crippen molar-refractivity contribution in [3.8, 4) is 17.2 Å². The first-order valence-electron chi connectivity index (χ1n) is 10.1. The van der Waals surface area contributed by atoms with Crippen molar-refractivity contribution < 1.29 is 19.0 Å². The molecule has 1 aliphatic heterocycles. The largest absolute Gasteiger partial charge is 0.497 e. The lowest BCUT2D eigenvalue weighted by Gasteiger charge is -2.27. The lowest BCUT2D eigenvalue weighted by atomic mass is 10.1. The van der Waals surface area contributed by atoms with Crippen molar-refractivity contribution in [3.63, 3.8) is 0 Å². The molecule has 1 N–H and O–H groups in total. The molecule has 1 aliphatic rings. The highest BCUT2D eigenvalue weighted by Crippen LogP contribution is 2.29. The monoisotopic (exact) mass is 415 g/mol. The summed E-state index contributed by atoms with van der Waals surface area (Å²) in [6.07, 6.45) is 5.13. The first kappa shape index (κ1) is 21.7. The van der Waals surface area contributed by atoms with Crippen molar-refractivity contribution in [2.75, 3.05) is 39.7 Å². The minimum atomic E-state index is -0.243. The summed E-state index contributed by atoms with van der Waals surface area (Å²) < 4.78 is 17.5. The zero-order chi connectivity index (χ0) is 21.5. The number of carbonyl (C=O) groups excluding carboxylic acids is 1. The SMILES string of the molecule is COc1ccc(OC)c(NC(=O)Cn2cc(OC)c(=O)cc2CN2CCCCC2)c1. The number of benzene rings is 1. The third-order valence-corrected chi connectivity index (χ3v) is 5.23. The molecule has 1 amide bonds. The molecule has 1 aromatic heterocycles. The Kier molecular flexibility index (Phi) is 7.35. The molecule has 1 aromatic carbocycles. The second-order valence-corrected chi connectivity index (χ2v) is 7.28. The fourth-order valence-electron chi connectivity index (χ4n) is 3.63. The zero-order valence-electron chi connectivity index (χ0n) is 17.8. The summed E-state index contributed by atoms with van der Waals surface area (Å²) in [7, 11) is 4.56. The van der Waals surface area contributed by atoms with E-state index < -0.39 is 0 Å². The molecule has 0 radical (unpaired) electrons. The number of pyridine rings is 1. The van der Waals surface area contributed by atoms with Gasteiger partial charge in [-0.2, -0.15) is 0 Å². The minimum absolute atomic E-state index is 0.0418. The number of carbonyl (C=O) groups is 1. The van der Waals surface area contributed by atoms with E-state index in [2.05, 4.69) is 10.2 Å². The lowest BCUT2D eigenvalue weighted by Crippen LogP contribution is -2.32. The summed E-state index contributed by atoms with van der Waals surface area (Å²) >= 11 is 0. The molecule has 0 aliphatic carbocycles. The fraction of sp³-hybridized carbons (Fsp3) is 0.455. The van der Waals surface area contributed by atoms with Crippen LogP contribution in [0.5, 0.6) is 17.2 Å². The van der Waals surface area contributed by atoms with Crippen molar-refractivity contribution in [1.29, 1.82) is 0 Å². The van der Waals surface area contributed by atoms with E-state index in [1.165, 1.54) is 13.5 Å². The Hall–Kier alpha value is -3.00. The molecule has 1 saturated heterocycles. The maximum absolute atomic E-state index is 12.8. The van der Waals surface area contributed by atoms with Crippen molar-refractivity contribution in [1.82, 2.24) is 9.47 Å². The van der Waals surface area contributed by atoms with Crippen molar-refractivity contribution >= 4 is 11.6 Å². The van der Waals surface area contributed by atoms with E-state index in [1.807, 2.05) is 0 Å². The number of hydrogen-bond donors (Lipinski definition) is 1. The van der Waals surface area contributed by atoms with Crippen LogP contribution in [0.2, 0.25) is 0 Å². The van der Waals surface area contributed by atoms with Crippen LogP contribution in [-0.4, -0.2) is 49.8 Å². The molecule has 0 bridgehead atoms. The number of amides is 1. The Morgan fingerprint density at radius 3 is 2.40 bits per heavy atom. The Morgan fingerprint density at radius 2 is 1.73 bits per heavy atom. The number of ether oxygens (including phenoxy) is 3. The molecule has 1 fully saturated rings. The van der Waals surface area contributed by atoms with Crippen LogP contribution in [0.3, 0.4) is 0 Å². The van der Waals surface area contributed by atoms with Crippen molar-refractivity contribution in [2.45, 2.75) is 32.4 Å². The average molecular weight is 415 g/mol. The van der Waals surface area contributed by atoms with Crippen LogP contribution in [-0.2, 0) is 17.9 Å². The highest BCUT2D eigenvalue weighted by Gasteiger charge is 2.16. The number of rotatable bonds is 8. The molecule has 0 spiro atoms. The van der Waals surface area contributed by atoms with Gasteiger partial charge in [0.05, 0.1) is 33.2 Å². The Balaban J connectivity index is 1.82. The maximum Gasteiger partial charge on any atom is 0.244 e. The molecule has 162 valence electrons. The average Bonchev–Trinajstić information content (AvgIpc) is 2.76. The van der Waals surface area contributed by atoms with Gasteiger partial charge >= 0.3 is 0 Å². The summed E-state index contributed by atoms with van der Waals surface area (Å²) in [5.41, 5.74) is 1.12.